The number of ether oxygens (including phenoxy) is 2. The Hall–Kier alpha value is -2.53. The predicted molar refractivity (Wildman–Crippen MR) is 102 cm³/mol. The normalized spacial score (nSPS) is 11.0. The Morgan fingerprint density at radius 1 is 1.08 bits per heavy atom. The number of carbonyl (C=O) groups excluding carboxylic acids is 2. The van der Waals surface area contributed by atoms with Gasteiger partial charge in [0.15, 0.2) is 6.61 Å². The molecule has 0 saturated carbocycles. The van der Waals surface area contributed by atoms with Crippen molar-refractivity contribution in [3.63, 3.8) is 0 Å². The van der Waals surface area contributed by atoms with E-state index in [-0.39, 0.29) is 17.9 Å². The second-order valence-electron chi connectivity index (χ2n) is 6.80. The number of nitrogens with one attached hydrogen (secondary N) is 1. The summed E-state index contributed by atoms with van der Waals surface area (Å²) in [6, 6.07) is 12.1. The number of hydrogen-bond donors (Lipinski definition) is 1. The number of esters is 1. The number of benzene rings is 2. The predicted octanol–water partition coefficient (Wildman–Crippen LogP) is 4.44. The van der Waals surface area contributed by atoms with Crippen LogP contribution in [-0.4, -0.2) is 25.6 Å². The van der Waals surface area contributed by atoms with Gasteiger partial charge in [-0.1, -0.05) is 44.5 Å². The molecule has 0 fully saturated rings. The van der Waals surface area contributed by atoms with Crippen LogP contribution in [0.1, 0.15) is 36.7 Å². The maximum Gasteiger partial charge on any atom is 0.337 e. The summed E-state index contributed by atoms with van der Waals surface area (Å²) < 4.78 is 10.2. The smallest absolute Gasteiger partial charge is 0.337 e. The Kier molecular flexibility index (Phi) is 6.27. The number of hydrogen-bond acceptors (Lipinski definition) is 4. The van der Waals surface area contributed by atoms with E-state index in [1.54, 1.807) is 0 Å². The molecule has 0 radical (unpaired) electrons. The van der Waals surface area contributed by atoms with Gasteiger partial charge in [-0.3, -0.25) is 4.79 Å². The van der Waals surface area contributed by atoms with Crippen molar-refractivity contribution in [3.05, 3.63) is 58.6 Å². The zero-order chi connectivity index (χ0) is 19.3. The Morgan fingerprint density at radius 2 is 1.73 bits per heavy atom. The molecule has 0 aliphatic heterocycles. The number of methoxy groups -OCH3 is 1. The zero-order valence-electron chi connectivity index (χ0n) is 15.3. The van der Waals surface area contributed by atoms with Crippen LogP contribution < -0.4 is 10.1 Å². The van der Waals surface area contributed by atoms with Crippen molar-refractivity contribution in [2.75, 3.05) is 19.0 Å². The lowest BCUT2D eigenvalue weighted by Crippen LogP contribution is -2.20. The summed E-state index contributed by atoms with van der Waals surface area (Å²) in [5.74, 6) is -0.288. The number of halogens is 1. The SMILES string of the molecule is COC(=O)c1ccc(Cl)c(NC(=O)COc2ccc(C(C)(C)C)cc2)c1. The van der Waals surface area contributed by atoms with E-state index < -0.39 is 5.97 Å². The monoisotopic (exact) mass is 375 g/mol. The van der Waals surface area contributed by atoms with Crippen molar-refractivity contribution < 1.29 is 19.1 Å². The van der Waals surface area contributed by atoms with Crippen molar-refractivity contribution in [1.82, 2.24) is 0 Å². The van der Waals surface area contributed by atoms with Crippen LogP contribution in [0.2, 0.25) is 5.02 Å². The van der Waals surface area contributed by atoms with E-state index in [0.29, 0.717) is 22.0 Å². The Labute approximate surface area is 158 Å². The molecule has 0 aliphatic carbocycles. The summed E-state index contributed by atoms with van der Waals surface area (Å²) in [6.07, 6.45) is 0. The molecule has 0 aromatic heterocycles. The van der Waals surface area contributed by atoms with Crippen LogP contribution in [0.5, 0.6) is 5.75 Å². The van der Waals surface area contributed by atoms with Gasteiger partial charge in [0.25, 0.3) is 5.91 Å². The average molecular weight is 376 g/mol. The van der Waals surface area contributed by atoms with Crippen molar-refractivity contribution in [1.29, 1.82) is 0 Å². The first-order valence-corrected chi connectivity index (χ1v) is 8.49. The average Bonchev–Trinajstić information content (AvgIpc) is 2.60. The largest absolute Gasteiger partial charge is 0.484 e. The summed E-state index contributed by atoms with van der Waals surface area (Å²) in [6.45, 7) is 6.21. The van der Waals surface area contributed by atoms with Crippen molar-refractivity contribution in [3.8, 4) is 5.75 Å². The third-order valence-electron chi connectivity index (χ3n) is 3.75. The molecule has 0 heterocycles. The second-order valence-corrected chi connectivity index (χ2v) is 7.20. The minimum absolute atomic E-state index is 0.0529. The third kappa shape index (κ3) is 5.23. The van der Waals surface area contributed by atoms with Gasteiger partial charge >= 0.3 is 5.97 Å². The van der Waals surface area contributed by atoms with Crippen LogP contribution in [-0.2, 0) is 14.9 Å². The lowest BCUT2D eigenvalue weighted by atomic mass is 9.87. The highest BCUT2D eigenvalue weighted by molar-refractivity contribution is 6.33. The van der Waals surface area contributed by atoms with Gasteiger partial charge in [0.05, 0.1) is 23.4 Å². The fourth-order valence-corrected chi connectivity index (χ4v) is 2.42. The molecule has 0 spiro atoms. The summed E-state index contributed by atoms with van der Waals surface area (Å²) in [5, 5.41) is 2.95. The number of rotatable bonds is 5. The summed E-state index contributed by atoms with van der Waals surface area (Å²) in [5.41, 5.74) is 1.86. The van der Waals surface area contributed by atoms with Gasteiger partial charge in [-0.25, -0.2) is 4.79 Å². The highest BCUT2D eigenvalue weighted by Gasteiger charge is 2.14. The summed E-state index contributed by atoms with van der Waals surface area (Å²) in [4.78, 5) is 23.7. The lowest BCUT2D eigenvalue weighted by Gasteiger charge is -2.19. The third-order valence-corrected chi connectivity index (χ3v) is 4.08. The zero-order valence-corrected chi connectivity index (χ0v) is 16.0. The van der Waals surface area contributed by atoms with Crippen LogP contribution in [0.15, 0.2) is 42.5 Å². The molecular formula is C20H22ClNO4. The standard InChI is InChI=1S/C20H22ClNO4/c1-20(2,3)14-6-8-15(9-7-14)26-12-18(23)22-17-11-13(19(24)25-4)5-10-16(17)21/h5-11H,12H2,1-4H3,(H,22,23). The topological polar surface area (TPSA) is 64.6 Å². The molecule has 2 aromatic carbocycles. The van der Waals surface area contributed by atoms with Gasteiger partial charge in [-0.15, -0.1) is 0 Å². The minimum Gasteiger partial charge on any atom is -0.484 e. The van der Waals surface area contributed by atoms with E-state index in [1.165, 1.54) is 30.9 Å². The molecule has 2 rings (SSSR count). The second kappa shape index (κ2) is 8.23. The number of carbonyl (C=O) groups is 2. The van der Waals surface area contributed by atoms with E-state index in [4.69, 9.17) is 16.3 Å². The van der Waals surface area contributed by atoms with E-state index in [1.807, 2.05) is 24.3 Å². The van der Waals surface area contributed by atoms with E-state index in [0.717, 1.165) is 0 Å². The van der Waals surface area contributed by atoms with Crippen LogP contribution in [0.25, 0.3) is 0 Å². The highest BCUT2D eigenvalue weighted by atomic mass is 35.5. The molecule has 0 atom stereocenters. The Bertz CT molecular complexity index is 794. The van der Waals surface area contributed by atoms with E-state index in [9.17, 15) is 9.59 Å². The molecule has 2 aromatic rings. The van der Waals surface area contributed by atoms with Crippen LogP contribution in [0.4, 0.5) is 5.69 Å². The fourth-order valence-electron chi connectivity index (χ4n) is 2.25. The van der Waals surface area contributed by atoms with Crippen LogP contribution in [0, 0.1) is 0 Å². The van der Waals surface area contributed by atoms with Gasteiger partial charge in [0, 0.05) is 0 Å². The quantitative estimate of drug-likeness (QED) is 0.784. The highest BCUT2D eigenvalue weighted by Crippen LogP contribution is 2.25. The molecule has 1 amide bonds. The molecule has 26 heavy (non-hydrogen) atoms. The van der Waals surface area contributed by atoms with Gasteiger partial charge in [0.2, 0.25) is 0 Å². The van der Waals surface area contributed by atoms with Gasteiger partial charge in [-0.05, 0) is 41.3 Å². The van der Waals surface area contributed by atoms with Crippen molar-refractivity contribution in [2.45, 2.75) is 26.2 Å². The molecular weight excluding hydrogens is 354 g/mol. The molecule has 0 bridgehead atoms. The van der Waals surface area contributed by atoms with E-state index in [2.05, 4.69) is 30.8 Å². The molecule has 5 nitrogen and oxygen atoms in total. The number of amides is 1. The van der Waals surface area contributed by atoms with Crippen LogP contribution in [0.3, 0.4) is 0 Å². The van der Waals surface area contributed by atoms with Gasteiger partial charge in [-0.2, -0.15) is 0 Å². The molecule has 138 valence electrons. The minimum atomic E-state index is -0.507. The lowest BCUT2D eigenvalue weighted by molar-refractivity contribution is -0.118. The summed E-state index contributed by atoms with van der Waals surface area (Å²) >= 11 is 6.06. The Balaban J connectivity index is 1.98. The molecule has 0 aliphatic rings. The van der Waals surface area contributed by atoms with Crippen molar-refractivity contribution in [2.24, 2.45) is 0 Å². The molecule has 0 saturated heterocycles. The van der Waals surface area contributed by atoms with Crippen LogP contribution >= 0.6 is 11.6 Å². The molecule has 6 heteroatoms. The first kappa shape index (κ1) is 19.8. The first-order valence-electron chi connectivity index (χ1n) is 8.12. The summed E-state index contributed by atoms with van der Waals surface area (Å²) in [7, 11) is 1.29. The van der Waals surface area contributed by atoms with Crippen molar-refractivity contribution >= 4 is 29.2 Å². The van der Waals surface area contributed by atoms with Gasteiger partial charge < -0.3 is 14.8 Å². The maximum atomic E-state index is 12.1. The fraction of sp³-hybridized carbons (Fsp3) is 0.300. The van der Waals surface area contributed by atoms with Gasteiger partial charge in [0.1, 0.15) is 5.75 Å². The molecule has 1 N–H and O–H groups in total. The first-order chi connectivity index (χ1) is 12.2. The molecule has 0 unspecified atom stereocenters. The Morgan fingerprint density at radius 3 is 2.31 bits per heavy atom. The van der Waals surface area contributed by atoms with E-state index >= 15 is 0 Å². The number of anilines is 1. The maximum absolute atomic E-state index is 12.1.